The minimum atomic E-state index is 0. The predicted molar refractivity (Wildman–Crippen MR) is 201 cm³/mol. The van der Waals surface area contributed by atoms with Crippen molar-refractivity contribution in [2.24, 2.45) is 10.2 Å². The van der Waals surface area contributed by atoms with Gasteiger partial charge in [-0.3, -0.25) is 0 Å². The van der Waals surface area contributed by atoms with Gasteiger partial charge < -0.3 is 18.6 Å². The van der Waals surface area contributed by atoms with Crippen LogP contribution in [-0.2, 0) is 42.1 Å². The van der Waals surface area contributed by atoms with Crippen molar-refractivity contribution in [3.8, 4) is 34.6 Å². The maximum Gasteiger partial charge on any atom is 2.00 e. The van der Waals surface area contributed by atoms with Gasteiger partial charge in [0.15, 0.2) is 12.7 Å². The molecule has 272 valence electrons. The first kappa shape index (κ1) is 36.6. The molecule has 0 bridgehead atoms. The summed E-state index contributed by atoms with van der Waals surface area (Å²) < 4.78 is 23.7. The molecule has 4 aromatic carbocycles. The van der Waals surface area contributed by atoms with Crippen LogP contribution in [0.2, 0.25) is 0 Å². The van der Waals surface area contributed by atoms with Crippen LogP contribution in [0.1, 0.15) is 0 Å². The van der Waals surface area contributed by atoms with Gasteiger partial charge in [0, 0.05) is 51.1 Å². The van der Waals surface area contributed by atoms with Gasteiger partial charge in [-0.2, -0.15) is 24.3 Å². The predicted octanol–water partition coefficient (Wildman–Crippen LogP) is 7.13. The maximum absolute atomic E-state index is 6.37. The fraction of sp³-hybridized carbons (Fsp3) is 0.0476. The van der Waals surface area contributed by atoms with E-state index in [-0.39, 0.29) is 42.1 Å². The number of benzene rings is 4. The van der Waals surface area contributed by atoms with Gasteiger partial charge in [-0.1, -0.05) is 56.7 Å². The molecule has 0 saturated heterocycles. The molecule has 0 spiro atoms. The fourth-order valence-electron chi connectivity index (χ4n) is 6.51. The number of aromatic nitrogens is 4. The monoisotopic (exact) mass is 1090 g/mol. The van der Waals surface area contributed by atoms with Crippen LogP contribution in [0.25, 0.3) is 44.5 Å². The van der Waals surface area contributed by atoms with Gasteiger partial charge in [0.25, 0.3) is 0 Å². The Morgan fingerprint density at radius 2 is 0.964 bits per heavy atom. The van der Waals surface area contributed by atoms with E-state index in [4.69, 9.17) is 19.4 Å². The van der Waals surface area contributed by atoms with E-state index < -0.39 is 0 Å². The molecule has 0 atom stereocenters. The number of ether oxygens (including phenoxy) is 2. The SMILES string of the molecule is C[N+]1=C=[N+](c2[c-]c(Oc3[c-]c4c(cc3)c3c(c5ccc(Oc6[c-]c([N+]7=C=[N+](C)C=N7)ccc6)[c-]c5n3-c3ccccn3)n4-c3ccccn3)ccc2)N=C1.[Pt+2].[Pt+2]. The summed E-state index contributed by atoms with van der Waals surface area (Å²) in [6, 6.07) is 50.7. The van der Waals surface area contributed by atoms with Crippen molar-refractivity contribution >= 4 is 68.9 Å². The second-order valence-corrected chi connectivity index (χ2v) is 12.4. The zero-order chi connectivity index (χ0) is 36.2. The molecule has 0 N–H and O–H groups in total. The van der Waals surface area contributed by atoms with Crippen molar-refractivity contribution < 1.29 is 70.1 Å². The molecule has 0 fully saturated rings. The van der Waals surface area contributed by atoms with Gasteiger partial charge in [0.05, 0.1) is 9.79 Å². The van der Waals surface area contributed by atoms with Crippen molar-refractivity contribution in [1.82, 2.24) is 19.1 Å². The summed E-state index contributed by atoms with van der Waals surface area (Å²) in [4.78, 5) is 9.57. The summed E-state index contributed by atoms with van der Waals surface area (Å²) in [5.41, 5.74) is 4.77. The summed E-state index contributed by atoms with van der Waals surface area (Å²) >= 11 is 0. The molecule has 6 heterocycles. The molecule has 10 rings (SSSR count). The van der Waals surface area contributed by atoms with E-state index in [0.717, 1.165) is 44.5 Å². The van der Waals surface area contributed by atoms with Gasteiger partial charge in [-0.05, 0) is 24.3 Å². The van der Waals surface area contributed by atoms with Crippen LogP contribution in [0.5, 0.6) is 23.0 Å². The molecule has 2 aliphatic heterocycles. The van der Waals surface area contributed by atoms with Gasteiger partial charge in [0.1, 0.15) is 24.4 Å². The Balaban J connectivity index is 0.00000220. The van der Waals surface area contributed by atoms with E-state index in [1.165, 1.54) is 0 Å². The molecule has 2 aliphatic rings. The van der Waals surface area contributed by atoms with Crippen molar-refractivity contribution in [2.45, 2.75) is 0 Å². The molecule has 12 nitrogen and oxygen atoms in total. The summed E-state index contributed by atoms with van der Waals surface area (Å²) in [6.45, 7) is 0. The van der Waals surface area contributed by atoms with Crippen molar-refractivity contribution in [1.29, 1.82) is 0 Å². The number of hydrazone groups is 2. The Morgan fingerprint density at radius 1 is 0.518 bits per heavy atom. The Kier molecular flexibility index (Phi) is 9.81. The smallest absolute Gasteiger partial charge is 0.509 e. The Bertz CT molecular complexity index is 2840. The molecule has 0 radical (unpaired) electrons. The maximum atomic E-state index is 6.37. The van der Waals surface area contributed by atoms with Gasteiger partial charge in [0.2, 0.25) is 5.10 Å². The number of fused-ring (bicyclic) bond motifs is 5. The Morgan fingerprint density at radius 3 is 1.36 bits per heavy atom. The molecule has 0 saturated carbocycles. The van der Waals surface area contributed by atoms with E-state index in [9.17, 15) is 0 Å². The van der Waals surface area contributed by atoms with Crippen molar-refractivity contribution in [3.63, 3.8) is 0 Å². The number of hydrogen-bond donors (Lipinski definition) is 0. The van der Waals surface area contributed by atoms with Gasteiger partial charge in [-0.15, -0.1) is 47.0 Å². The van der Waals surface area contributed by atoms with Crippen LogP contribution in [0, 0.1) is 24.3 Å². The summed E-state index contributed by atoms with van der Waals surface area (Å²) in [6.07, 6.45) is 6.90. The zero-order valence-corrected chi connectivity index (χ0v) is 34.0. The average Bonchev–Trinajstić information content (AvgIpc) is 3.99. The molecule has 56 heavy (non-hydrogen) atoms. The van der Waals surface area contributed by atoms with Gasteiger partial charge >= 0.3 is 66.8 Å². The van der Waals surface area contributed by atoms with E-state index in [1.807, 2.05) is 111 Å². The third kappa shape index (κ3) is 6.55. The first-order chi connectivity index (χ1) is 26.6. The fourth-order valence-corrected chi connectivity index (χ4v) is 6.51. The van der Waals surface area contributed by atoms with Gasteiger partial charge in [-0.25, -0.2) is 9.97 Å². The van der Waals surface area contributed by atoms with E-state index in [1.54, 1.807) is 43.6 Å². The molecule has 8 aromatic rings. The van der Waals surface area contributed by atoms with Crippen LogP contribution >= 0.6 is 0 Å². The second kappa shape index (κ2) is 15.0. The third-order valence-electron chi connectivity index (χ3n) is 8.77. The normalized spacial score (nSPS) is 13.0. The standard InChI is InChI=1S/C42H26N10O2.2Pt/c1-47-25-45-49(27-47)29-9-7-11-31(21-29)53-33-15-17-35-37(23-33)51(39-13-3-5-19-43-39)42-36-18-16-34(24-38(36)52(41(35)42)40-14-4-6-20-44-40)54-32-12-8-10-30(22-32)50-28-48(2)26-46-50;;/h3-20,25-26H,1-2H3;;/q;2*+2. The number of pyridine rings is 2. The van der Waals surface area contributed by atoms with Crippen molar-refractivity contribution in [3.05, 3.63) is 134 Å². The van der Waals surface area contributed by atoms with Crippen LogP contribution in [0.3, 0.4) is 0 Å². The minimum Gasteiger partial charge on any atom is -0.509 e. The molecule has 0 amide bonds. The second-order valence-electron chi connectivity index (χ2n) is 12.4. The first-order valence-corrected chi connectivity index (χ1v) is 16.9. The minimum absolute atomic E-state index is 0. The molecular weight excluding hydrogens is 1070 g/mol. The van der Waals surface area contributed by atoms with Crippen LogP contribution in [-0.4, -0.2) is 76.4 Å². The Labute approximate surface area is 348 Å². The Hall–Kier alpha value is -6.40. The topological polar surface area (TPSA) is 90.9 Å². The molecule has 0 aliphatic carbocycles. The summed E-state index contributed by atoms with van der Waals surface area (Å²) in [5.74, 6) is 3.49. The summed E-state index contributed by atoms with van der Waals surface area (Å²) in [7, 11) is 3.73. The molecule has 14 heteroatoms. The number of hydrogen-bond acceptors (Lipinski definition) is 6. The van der Waals surface area contributed by atoms with Crippen LogP contribution in [0.15, 0.2) is 120 Å². The first-order valence-electron chi connectivity index (χ1n) is 16.9. The third-order valence-corrected chi connectivity index (χ3v) is 8.77. The number of nitrogens with zero attached hydrogens (tertiary/aromatic N) is 10. The molecule has 0 unspecified atom stereocenters. The quantitative estimate of drug-likeness (QED) is 0.120. The van der Waals surface area contributed by atoms with Crippen LogP contribution in [0.4, 0.5) is 11.4 Å². The number of rotatable bonds is 8. The summed E-state index contributed by atoms with van der Waals surface area (Å²) in [5, 5.41) is 10.5. The zero-order valence-electron chi connectivity index (χ0n) is 29.5. The van der Waals surface area contributed by atoms with Crippen molar-refractivity contribution in [2.75, 3.05) is 14.1 Å². The molecule has 4 aromatic heterocycles. The largest absolute Gasteiger partial charge is 2.00 e. The van der Waals surface area contributed by atoms with E-state index >= 15 is 0 Å². The average molecular weight is 1090 g/mol. The molecular formula is C42H26N10O2Pt2+4. The van der Waals surface area contributed by atoms with E-state index in [0.29, 0.717) is 34.4 Å². The van der Waals surface area contributed by atoms with E-state index in [2.05, 4.69) is 55.6 Å². The van der Waals surface area contributed by atoms with Crippen LogP contribution < -0.4 is 9.47 Å².